The quantitative estimate of drug-likeness (QED) is 0.887. The number of rotatable bonds is 3. The predicted octanol–water partition coefficient (Wildman–Crippen LogP) is 1.44. The molecular weight excluding hydrogens is 281 g/mol. The average molecular weight is 298 g/mol. The van der Waals surface area contributed by atoms with Crippen molar-refractivity contribution in [2.24, 2.45) is 5.73 Å². The van der Waals surface area contributed by atoms with Crippen molar-refractivity contribution in [2.45, 2.75) is 32.2 Å². The van der Waals surface area contributed by atoms with Crippen LogP contribution >= 0.6 is 36.2 Å². The highest BCUT2D eigenvalue weighted by Crippen LogP contribution is 2.26. The summed E-state index contributed by atoms with van der Waals surface area (Å²) in [6.07, 6.45) is 4.75. The topological polar surface area (TPSA) is 68.0 Å². The van der Waals surface area contributed by atoms with Crippen molar-refractivity contribution in [3.63, 3.8) is 0 Å². The summed E-state index contributed by atoms with van der Waals surface area (Å²) in [6.45, 7) is 0.568. The number of nitrogens with two attached hydrogens (primary N) is 1. The molecule has 0 fully saturated rings. The molecule has 0 aromatic carbocycles. The van der Waals surface area contributed by atoms with Gasteiger partial charge in [-0.3, -0.25) is 4.79 Å². The first-order valence-corrected chi connectivity index (χ1v) is 6.05. The number of nitrogens with zero attached hydrogens (tertiary/aromatic N) is 1. The van der Waals surface area contributed by atoms with Gasteiger partial charge >= 0.3 is 0 Å². The Balaban J connectivity index is 0.00000128. The molecule has 1 aliphatic carbocycles. The number of halogens is 2. The summed E-state index contributed by atoms with van der Waals surface area (Å²) in [5.41, 5.74) is 6.44. The van der Waals surface area contributed by atoms with Crippen LogP contribution in [0.15, 0.2) is 0 Å². The van der Waals surface area contributed by atoms with Crippen molar-refractivity contribution in [2.75, 3.05) is 6.54 Å². The van der Waals surface area contributed by atoms with Gasteiger partial charge in [-0.2, -0.15) is 0 Å². The van der Waals surface area contributed by atoms with Gasteiger partial charge in [-0.15, -0.1) is 36.2 Å². The van der Waals surface area contributed by atoms with Crippen LogP contribution in [-0.4, -0.2) is 17.4 Å². The van der Waals surface area contributed by atoms with Crippen LogP contribution in [0.4, 0.5) is 0 Å². The minimum absolute atomic E-state index is 0. The van der Waals surface area contributed by atoms with Crippen LogP contribution in [0.1, 0.15) is 28.4 Å². The molecule has 1 aromatic heterocycles. The molecule has 0 atom stereocenters. The van der Waals surface area contributed by atoms with E-state index in [0.29, 0.717) is 6.54 Å². The van der Waals surface area contributed by atoms with Crippen LogP contribution in [0.3, 0.4) is 0 Å². The number of hydrogen-bond acceptors (Lipinski definition) is 4. The molecule has 1 amide bonds. The van der Waals surface area contributed by atoms with E-state index in [4.69, 9.17) is 5.73 Å². The van der Waals surface area contributed by atoms with Gasteiger partial charge in [0, 0.05) is 4.88 Å². The summed E-state index contributed by atoms with van der Waals surface area (Å²) >= 11 is 1.72. The Morgan fingerprint density at radius 1 is 1.35 bits per heavy atom. The molecule has 4 nitrogen and oxygen atoms in total. The smallest absolute Gasteiger partial charge is 0.234 e. The molecule has 0 saturated heterocycles. The van der Waals surface area contributed by atoms with E-state index in [1.54, 1.807) is 11.3 Å². The highest BCUT2D eigenvalue weighted by atomic mass is 35.5. The zero-order chi connectivity index (χ0) is 10.7. The van der Waals surface area contributed by atoms with Crippen LogP contribution in [0.25, 0.3) is 0 Å². The van der Waals surface area contributed by atoms with Gasteiger partial charge in [0.1, 0.15) is 5.01 Å². The first-order valence-electron chi connectivity index (χ1n) is 5.24. The molecule has 0 unspecified atom stereocenters. The molecular formula is C10H17Cl2N3OS. The highest BCUT2D eigenvalue weighted by Gasteiger charge is 2.14. The van der Waals surface area contributed by atoms with Gasteiger partial charge in [-0.1, -0.05) is 0 Å². The minimum atomic E-state index is -0.122. The molecule has 0 saturated carbocycles. The molecule has 0 aliphatic heterocycles. The fourth-order valence-electron chi connectivity index (χ4n) is 1.73. The third kappa shape index (κ3) is 4.43. The van der Waals surface area contributed by atoms with E-state index in [2.05, 4.69) is 10.3 Å². The second kappa shape index (κ2) is 7.87. The van der Waals surface area contributed by atoms with E-state index in [0.717, 1.165) is 17.8 Å². The van der Waals surface area contributed by atoms with Gasteiger partial charge in [0.05, 0.1) is 18.8 Å². The Bertz CT molecular complexity index is 347. The highest BCUT2D eigenvalue weighted by molar-refractivity contribution is 7.11. The second-order valence-corrected chi connectivity index (χ2v) is 4.83. The van der Waals surface area contributed by atoms with Gasteiger partial charge in [0.2, 0.25) is 5.91 Å². The maximum absolute atomic E-state index is 11.0. The van der Waals surface area contributed by atoms with Crippen molar-refractivity contribution in [3.05, 3.63) is 15.6 Å². The van der Waals surface area contributed by atoms with Gasteiger partial charge in [0.15, 0.2) is 0 Å². The van der Waals surface area contributed by atoms with E-state index in [-0.39, 0.29) is 37.3 Å². The van der Waals surface area contributed by atoms with Crippen LogP contribution in [0.5, 0.6) is 0 Å². The van der Waals surface area contributed by atoms with E-state index in [1.807, 2.05) is 0 Å². The zero-order valence-electron chi connectivity index (χ0n) is 9.40. The predicted molar refractivity (Wildman–Crippen MR) is 74.2 cm³/mol. The molecule has 0 spiro atoms. The fraction of sp³-hybridized carbons (Fsp3) is 0.600. The Morgan fingerprint density at radius 2 is 2.06 bits per heavy atom. The number of nitrogens with one attached hydrogen (secondary N) is 1. The number of carbonyl (C=O) groups excluding carboxylic acids is 1. The summed E-state index contributed by atoms with van der Waals surface area (Å²) in [6, 6.07) is 0. The molecule has 2 rings (SSSR count). The van der Waals surface area contributed by atoms with Crippen LogP contribution in [-0.2, 0) is 24.2 Å². The van der Waals surface area contributed by atoms with E-state index < -0.39 is 0 Å². The lowest BCUT2D eigenvalue weighted by atomic mass is 10.0. The number of aromatic nitrogens is 1. The van der Waals surface area contributed by atoms with Crippen molar-refractivity contribution >= 4 is 42.1 Å². The van der Waals surface area contributed by atoms with E-state index >= 15 is 0 Å². The van der Waals surface area contributed by atoms with Crippen molar-refractivity contribution < 1.29 is 4.79 Å². The molecule has 98 valence electrons. The summed E-state index contributed by atoms with van der Waals surface area (Å²) in [5, 5.41) is 3.75. The van der Waals surface area contributed by atoms with E-state index in [1.165, 1.54) is 23.4 Å². The van der Waals surface area contributed by atoms with Crippen LogP contribution in [0, 0.1) is 0 Å². The van der Waals surface area contributed by atoms with Gasteiger partial charge < -0.3 is 11.1 Å². The maximum Gasteiger partial charge on any atom is 0.234 e. The van der Waals surface area contributed by atoms with Gasteiger partial charge in [-0.05, 0) is 25.7 Å². The molecule has 1 aromatic rings. The molecule has 7 heteroatoms. The number of hydrogen-bond donors (Lipinski definition) is 2. The Morgan fingerprint density at radius 3 is 2.71 bits per heavy atom. The second-order valence-electron chi connectivity index (χ2n) is 3.67. The Labute approximate surface area is 117 Å². The Kier molecular flexibility index (Phi) is 7.70. The monoisotopic (exact) mass is 297 g/mol. The SMILES string of the molecule is Cl.Cl.NCC(=O)NCc1nc2c(s1)CCCC2. The molecule has 17 heavy (non-hydrogen) atoms. The van der Waals surface area contributed by atoms with Crippen LogP contribution < -0.4 is 11.1 Å². The maximum atomic E-state index is 11.0. The molecule has 1 aliphatic rings. The van der Waals surface area contributed by atoms with Crippen molar-refractivity contribution in [1.29, 1.82) is 0 Å². The van der Waals surface area contributed by atoms with Crippen molar-refractivity contribution in [1.82, 2.24) is 10.3 Å². The van der Waals surface area contributed by atoms with Gasteiger partial charge in [0.25, 0.3) is 0 Å². The standard InChI is InChI=1S/C10H15N3OS.2ClH/c11-5-9(14)12-6-10-13-7-3-1-2-4-8(7)15-10;;/h1-6,11H2,(H,12,14);2*1H. The fourth-order valence-corrected chi connectivity index (χ4v) is 2.82. The molecule has 0 bridgehead atoms. The Hall–Kier alpha value is -0.360. The van der Waals surface area contributed by atoms with Crippen LogP contribution in [0.2, 0.25) is 0 Å². The molecule has 0 radical (unpaired) electrons. The molecule has 3 N–H and O–H groups in total. The number of aryl methyl sites for hydroxylation is 2. The third-order valence-electron chi connectivity index (χ3n) is 2.51. The minimum Gasteiger partial charge on any atom is -0.348 e. The summed E-state index contributed by atoms with van der Waals surface area (Å²) < 4.78 is 0. The number of carbonyl (C=O) groups is 1. The summed E-state index contributed by atoms with van der Waals surface area (Å²) in [5.74, 6) is -0.122. The first-order chi connectivity index (χ1) is 7.29. The normalized spacial score (nSPS) is 13.0. The van der Waals surface area contributed by atoms with E-state index in [9.17, 15) is 4.79 Å². The lowest BCUT2D eigenvalue weighted by molar-refractivity contribution is -0.119. The average Bonchev–Trinajstić information content (AvgIpc) is 2.68. The number of thiazole rings is 1. The summed E-state index contributed by atoms with van der Waals surface area (Å²) in [4.78, 5) is 16.9. The molecule has 1 heterocycles. The van der Waals surface area contributed by atoms with Gasteiger partial charge in [-0.25, -0.2) is 4.98 Å². The first kappa shape index (κ1) is 16.6. The lowest BCUT2D eigenvalue weighted by Crippen LogP contribution is -2.29. The number of fused-ring (bicyclic) bond motifs is 1. The summed E-state index contributed by atoms with van der Waals surface area (Å²) in [7, 11) is 0. The zero-order valence-corrected chi connectivity index (χ0v) is 11.8. The van der Waals surface area contributed by atoms with Crippen molar-refractivity contribution in [3.8, 4) is 0 Å². The lowest BCUT2D eigenvalue weighted by Gasteiger charge is -2.06. The third-order valence-corrected chi connectivity index (χ3v) is 3.67. The largest absolute Gasteiger partial charge is 0.348 e. The number of amides is 1.